The molecule has 0 amide bonds. The molecule has 1 aliphatic heterocycles. The predicted octanol–water partition coefficient (Wildman–Crippen LogP) is 2.83. The Morgan fingerprint density at radius 1 is 1.43 bits per heavy atom. The first-order valence-electron chi connectivity index (χ1n) is 7.96. The number of carboxylic acids is 1. The summed E-state index contributed by atoms with van der Waals surface area (Å²) in [7, 11) is 3.61. The van der Waals surface area contributed by atoms with Crippen LogP contribution in [0.25, 0.3) is 0 Å². The van der Waals surface area contributed by atoms with Gasteiger partial charge in [-0.1, -0.05) is 22.0 Å². The third kappa shape index (κ3) is 5.48. The van der Waals surface area contributed by atoms with Crippen LogP contribution in [0.4, 0.5) is 0 Å². The summed E-state index contributed by atoms with van der Waals surface area (Å²) in [5.41, 5.74) is 1.19. The van der Waals surface area contributed by atoms with Crippen LogP contribution >= 0.6 is 15.9 Å². The molecule has 0 bridgehead atoms. The fourth-order valence-corrected chi connectivity index (χ4v) is 3.51. The van der Waals surface area contributed by atoms with E-state index >= 15 is 0 Å². The van der Waals surface area contributed by atoms with E-state index in [1.54, 1.807) is 7.11 Å². The van der Waals surface area contributed by atoms with Crippen molar-refractivity contribution >= 4 is 21.9 Å². The molecule has 0 radical (unpaired) electrons. The third-order valence-electron chi connectivity index (χ3n) is 4.44. The standard InChI is InChI=1S/C17H25BrN2O3/c1-19(12-17(21)22)15-4-3-8-20(9-7-15)11-13-5-6-14(18)10-16(13)23-2/h5-6,10,15H,3-4,7-9,11-12H2,1-2H3,(H,21,22). The number of rotatable bonds is 6. The van der Waals surface area contributed by atoms with Crippen LogP contribution in [0, 0.1) is 0 Å². The molecule has 1 fully saturated rings. The average molecular weight is 385 g/mol. The van der Waals surface area contributed by atoms with Gasteiger partial charge in [0, 0.05) is 22.6 Å². The number of hydrogen-bond donors (Lipinski definition) is 1. The molecule has 6 heteroatoms. The monoisotopic (exact) mass is 384 g/mol. The van der Waals surface area contributed by atoms with Gasteiger partial charge in [0.2, 0.25) is 0 Å². The van der Waals surface area contributed by atoms with Gasteiger partial charge in [0.05, 0.1) is 13.7 Å². The molecular weight excluding hydrogens is 360 g/mol. The van der Waals surface area contributed by atoms with E-state index in [9.17, 15) is 4.79 Å². The average Bonchev–Trinajstić information content (AvgIpc) is 2.74. The smallest absolute Gasteiger partial charge is 0.317 e. The number of halogens is 1. The van der Waals surface area contributed by atoms with Gasteiger partial charge in [-0.05, 0) is 51.5 Å². The van der Waals surface area contributed by atoms with Crippen molar-refractivity contribution in [2.75, 3.05) is 33.8 Å². The van der Waals surface area contributed by atoms with Gasteiger partial charge < -0.3 is 9.84 Å². The molecule has 0 aromatic heterocycles. The predicted molar refractivity (Wildman–Crippen MR) is 93.9 cm³/mol. The molecule has 1 heterocycles. The minimum atomic E-state index is -0.756. The number of likely N-dealkylation sites (N-methyl/N-ethyl adjacent to an activating group) is 1. The van der Waals surface area contributed by atoms with Gasteiger partial charge in [-0.15, -0.1) is 0 Å². The summed E-state index contributed by atoms with van der Waals surface area (Å²) in [6.45, 7) is 3.00. The van der Waals surface area contributed by atoms with Crippen LogP contribution in [-0.4, -0.2) is 60.7 Å². The largest absolute Gasteiger partial charge is 0.496 e. The number of carbonyl (C=O) groups is 1. The van der Waals surface area contributed by atoms with Crippen molar-refractivity contribution in [3.05, 3.63) is 28.2 Å². The Balaban J connectivity index is 1.94. The number of benzene rings is 1. The fourth-order valence-electron chi connectivity index (χ4n) is 3.17. The highest BCUT2D eigenvalue weighted by atomic mass is 79.9. The number of likely N-dealkylation sites (tertiary alicyclic amines) is 1. The minimum Gasteiger partial charge on any atom is -0.496 e. The first-order valence-corrected chi connectivity index (χ1v) is 8.75. The first-order chi connectivity index (χ1) is 11.0. The Labute approximate surface area is 146 Å². The molecule has 1 saturated heterocycles. The molecule has 1 N–H and O–H groups in total. The van der Waals surface area contributed by atoms with Gasteiger partial charge in [-0.25, -0.2) is 0 Å². The van der Waals surface area contributed by atoms with E-state index in [2.05, 4.69) is 26.9 Å². The molecule has 1 atom stereocenters. The molecule has 1 aromatic rings. The van der Waals surface area contributed by atoms with E-state index in [0.717, 1.165) is 49.1 Å². The van der Waals surface area contributed by atoms with Crippen molar-refractivity contribution in [1.29, 1.82) is 0 Å². The lowest BCUT2D eigenvalue weighted by Crippen LogP contribution is -2.36. The molecule has 2 rings (SSSR count). The van der Waals surface area contributed by atoms with Crippen molar-refractivity contribution in [2.45, 2.75) is 31.8 Å². The highest BCUT2D eigenvalue weighted by Gasteiger charge is 2.22. The number of carboxylic acid groups (broad SMARTS) is 1. The topological polar surface area (TPSA) is 53.0 Å². The van der Waals surface area contributed by atoms with Crippen LogP contribution in [0.15, 0.2) is 22.7 Å². The summed E-state index contributed by atoms with van der Waals surface area (Å²) in [5.74, 6) is 0.149. The van der Waals surface area contributed by atoms with Crippen molar-refractivity contribution < 1.29 is 14.6 Å². The molecule has 1 aromatic carbocycles. The molecule has 128 valence electrons. The normalized spacial score (nSPS) is 19.6. The van der Waals surface area contributed by atoms with Crippen molar-refractivity contribution in [3.63, 3.8) is 0 Å². The number of aliphatic carboxylic acids is 1. The summed E-state index contributed by atoms with van der Waals surface area (Å²) < 4.78 is 6.49. The highest BCUT2D eigenvalue weighted by Crippen LogP contribution is 2.26. The molecule has 1 aliphatic rings. The lowest BCUT2D eigenvalue weighted by atomic mass is 10.1. The number of methoxy groups -OCH3 is 1. The van der Waals surface area contributed by atoms with Gasteiger partial charge in [-0.3, -0.25) is 14.6 Å². The molecule has 0 spiro atoms. The maximum atomic E-state index is 10.9. The Morgan fingerprint density at radius 2 is 2.22 bits per heavy atom. The van der Waals surface area contributed by atoms with Gasteiger partial charge in [0.25, 0.3) is 0 Å². The second kappa shape index (κ2) is 8.66. The molecular formula is C17H25BrN2O3. The Morgan fingerprint density at radius 3 is 2.91 bits per heavy atom. The lowest BCUT2D eigenvalue weighted by molar-refractivity contribution is -0.138. The number of ether oxygens (including phenoxy) is 1. The molecule has 0 aliphatic carbocycles. The van der Waals surface area contributed by atoms with Crippen LogP contribution in [0.5, 0.6) is 5.75 Å². The summed E-state index contributed by atoms with van der Waals surface area (Å²) in [6, 6.07) is 6.49. The number of hydrogen-bond acceptors (Lipinski definition) is 4. The molecule has 5 nitrogen and oxygen atoms in total. The first kappa shape index (κ1) is 18.2. The van der Waals surface area contributed by atoms with E-state index in [4.69, 9.17) is 9.84 Å². The van der Waals surface area contributed by atoms with Crippen LogP contribution < -0.4 is 4.74 Å². The van der Waals surface area contributed by atoms with Gasteiger partial charge in [0.15, 0.2) is 0 Å². The van der Waals surface area contributed by atoms with E-state index in [1.165, 1.54) is 5.56 Å². The quantitative estimate of drug-likeness (QED) is 0.816. The SMILES string of the molecule is COc1cc(Br)ccc1CN1CCCC(N(C)CC(=O)O)CC1. The van der Waals surface area contributed by atoms with E-state index in [1.807, 2.05) is 24.1 Å². The second-order valence-electron chi connectivity index (χ2n) is 6.13. The van der Waals surface area contributed by atoms with Crippen molar-refractivity contribution in [2.24, 2.45) is 0 Å². The lowest BCUT2D eigenvalue weighted by Gasteiger charge is -2.25. The molecule has 0 saturated carbocycles. The van der Waals surface area contributed by atoms with E-state index < -0.39 is 5.97 Å². The summed E-state index contributed by atoms with van der Waals surface area (Å²) in [6.07, 6.45) is 3.15. The maximum absolute atomic E-state index is 10.9. The van der Waals surface area contributed by atoms with Crippen LogP contribution in [0.1, 0.15) is 24.8 Å². The van der Waals surface area contributed by atoms with Crippen LogP contribution in [-0.2, 0) is 11.3 Å². The Hall–Kier alpha value is -1.11. The summed E-state index contributed by atoms with van der Waals surface area (Å²) in [5, 5.41) is 8.94. The fraction of sp³-hybridized carbons (Fsp3) is 0.588. The van der Waals surface area contributed by atoms with Crippen LogP contribution in [0.3, 0.4) is 0 Å². The zero-order chi connectivity index (χ0) is 16.8. The second-order valence-corrected chi connectivity index (χ2v) is 7.04. The number of nitrogens with zero attached hydrogens (tertiary/aromatic N) is 2. The third-order valence-corrected chi connectivity index (χ3v) is 4.93. The van der Waals surface area contributed by atoms with E-state index in [-0.39, 0.29) is 6.54 Å². The summed E-state index contributed by atoms with van der Waals surface area (Å²) >= 11 is 3.47. The van der Waals surface area contributed by atoms with Gasteiger partial charge in [-0.2, -0.15) is 0 Å². The minimum absolute atomic E-state index is 0.116. The maximum Gasteiger partial charge on any atom is 0.317 e. The molecule has 1 unspecified atom stereocenters. The zero-order valence-corrected chi connectivity index (χ0v) is 15.4. The highest BCUT2D eigenvalue weighted by molar-refractivity contribution is 9.10. The van der Waals surface area contributed by atoms with Gasteiger partial charge in [0.1, 0.15) is 5.75 Å². The summed E-state index contributed by atoms with van der Waals surface area (Å²) in [4.78, 5) is 15.3. The Bertz CT molecular complexity index is 539. The molecule has 23 heavy (non-hydrogen) atoms. The Kier molecular flexibility index (Phi) is 6.87. The van der Waals surface area contributed by atoms with Crippen molar-refractivity contribution in [3.8, 4) is 5.75 Å². The van der Waals surface area contributed by atoms with Gasteiger partial charge >= 0.3 is 5.97 Å². The van der Waals surface area contributed by atoms with E-state index in [0.29, 0.717) is 6.04 Å². The van der Waals surface area contributed by atoms with Crippen LogP contribution in [0.2, 0.25) is 0 Å². The zero-order valence-electron chi connectivity index (χ0n) is 13.8. The van der Waals surface area contributed by atoms with Crippen molar-refractivity contribution in [1.82, 2.24) is 9.80 Å².